The predicted octanol–water partition coefficient (Wildman–Crippen LogP) is 3.84. The fourth-order valence-corrected chi connectivity index (χ4v) is 3.74. The Morgan fingerprint density at radius 3 is 2.89 bits per heavy atom. The molecule has 7 heteroatoms. The van der Waals surface area contributed by atoms with Crippen molar-refractivity contribution >= 4 is 40.1 Å². The van der Waals surface area contributed by atoms with Crippen molar-refractivity contribution in [3.8, 4) is 0 Å². The van der Waals surface area contributed by atoms with Gasteiger partial charge in [0.15, 0.2) is 0 Å². The number of hydrogen-bond donors (Lipinski definition) is 3. The van der Waals surface area contributed by atoms with Crippen LogP contribution < -0.4 is 10.6 Å². The van der Waals surface area contributed by atoms with Crippen LogP contribution in [0.25, 0.3) is 10.9 Å². The molecule has 4 rings (SSSR count). The number of nitrogens with zero attached hydrogens (tertiary/aromatic N) is 1. The maximum atomic E-state index is 12.6. The van der Waals surface area contributed by atoms with Gasteiger partial charge in [-0.05, 0) is 42.8 Å². The number of hydrogen-bond acceptors (Lipinski definition) is 2. The summed E-state index contributed by atoms with van der Waals surface area (Å²) in [5, 5.41) is 7.10. The number of benzene rings is 2. The number of carbonyl (C=O) groups excluding carboxylic acids is 2. The third-order valence-corrected chi connectivity index (χ3v) is 5.20. The number of aromatic amines is 1. The Hall–Kier alpha value is -2.99. The lowest BCUT2D eigenvalue weighted by molar-refractivity contribution is -0.130. The summed E-state index contributed by atoms with van der Waals surface area (Å²) in [6, 6.07) is 12.8. The Morgan fingerprint density at radius 1 is 1.21 bits per heavy atom. The number of aryl methyl sites for hydroxylation is 1. The van der Waals surface area contributed by atoms with E-state index in [-0.39, 0.29) is 12.5 Å². The lowest BCUT2D eigenvalue weighted by atomic mass is 10.0. The van der Waals surface area contributed by atoms with Crippen LogP contribution in [0.2, 0.25) is 5.02 Å². The minimum Gasteiger partial charge on any atom is -0.358 e. The van der Waals surface area contributed by atoms with Crippen LogP contribution in [0.3, 0.4) is 0 Å². The number of aromatic nitrogens is 1. The molecule has 0 radical (unpaired) electrons. The number of nitrogens with one attached hydrogen (secondary N) is 3. The molecule has 144 valence electrons. The van der Waals surface area contributed by atoms with Gasteiger partial charge in [0.25, 0.3) is 0 Å². The van der Waals surface area contributed by atoms with Crippen LogP contribution in [-0.2, 0) is 17.8 Å². The van der Waals surface area contributed by atoms with E-state index in [2.05, 4.69) is 15.6 Å². The normalized spacial score (nSPS) is 13.3. The third-order valence-electron chi connectivity index (χ3n) is 4.97. The molecule has 0 spiro atoms. The standard InChI is InChI=1S/C21H21ClN4O2/c1-13-3-2-4-15(9-13)24-21(28)23-11-20(27)26-8-7-19-17(12-26)16-10-14(22)5-6-18(16)25-19/h2-6,9-10,25H,7-8,11-12H2,1H3,(H2,23,24,28). The van der Waals surface area contributed by atoms with E-state index in [9.17, 15) is 9.59 Å². The Bertz CT molecular complexity index is 1060. The van der Waals surface area contributed by atoms with Crippen molar-refractivity contribution in [2.24, 2.45) is 0 Å². The quantitative estimate of drug-likeness (QED) is 0.629. The minimum absolute atomic E-state index is 0.0455. The first-order chi connectivity index (χ1) is 13.5. The van der Waals surface area contributed by atoms with E-state index in [0.717, 1.165) is 34.1 Å². The average Bonchev–Trinajstić information content (AvgIpc) is 3.03. The average molecular weight is 397 g/mol. The second-order valence-corrected chi connectivity index (χ2v) is 7.45. The first kappa shape index (κ1) is 18.4. The molecule has 0 unspecified atom stereocenters. The predicted molar refractivity (Wildman–Crippen MR) is 111 cm³/mol. The van der Waals surface area contributed by atoms with Crippen molar-refractivity contribution in [2.75, 3.05) is 18.4 Å². The summed E-state index contributed by atoms with van der Waals surface area (Å²) in [4.78, 5) is 29.8. The van der Waals surface area contributed by atoms with Gasteiger partial charge in [-0.15, -0.1) is 0 Å². The van der Waals surface area contributed by atoms with E-state index < -0.39 is 6.03 Å². The van der Waals surface area contributed by atoms with E-state index in [4.69, 9.17) is 11.6 Å². The minimum atomic E-state index is -0.393. The van der Waals surface area contributed by atoms with Crippen LogP contribution in [-0.4, -0.2) is 34.9 Å². The van der Waals surface area contributed by atoms with Crippen LogP contribution in [0.4, 0.5) is 10.5 Å². The number of anilines is 1. The van der Waals surface area contributed by atoms with Gasteiger partial charge in [-0.2, -0.15) is 0 Å². The summed E-state index contributed by atoms with van der Waals surface area (Å²) >= 11 is 6.13. The molecule has 0 fully saturated rings. The van der Waals surface area contributed by atoms with Gasteiger partial charge in [0, 0.05) is 52.4 Å². The van der Waals surface area contributed by atoms with Crippen LogP contribution >= 0.6 is 11.6 Å². The molecule has 1 aliphatic heterocycles. The number of amides is 3. The fourth-order valence-electron chi connectivity index (χ4n) is 3.57. The van der Waals surface area contributed by atoms with Crippen LogP contribution in [0.5, 0.6) is 0 Å². The van der Waals surface area contributed by atoms with E-state index in [1.165, 1.54) is 0 Å². The number of fused-ring (bicyclic) bond motifs is 3. The van der Waals surface area contributed by atoms with Crippen molar-refractivity contribution in [3.63, 3.8) is 0 Å². The van der Waals surface area contributed by atoms with E-state index >= 15 is 0 Å². The SMILES string of the molecule is Cc1cccc(NC(=O)NCC(=O)N2CCc3[nH]c4ccc(Cl)cc4c3C2)c1. The monoisotopic (exact) mass is 396 g/mol. The van der Waals surface area contributed by atoms with Crippen molar-refractivity contribution in [1.82, 2.24) is 15.2 Å². The molecule has 2 heterocycles. The topological polar surface area (TPSA) is 77.2 Å². The van der Waals surface area contributed by atoms with E-state index in [1.807, 2.05) is 49.4 Å². The first-order valence-corrected chi connectivity index (χ1v) is 9.55. The van der Waals surface area contributed by atoms with Gasteiger partial charge in [0.2, 0.25) is 5.91 Å². The molecule has 1 aromatic heterocycles. The van der Waals surface area contributed by atoms with Crippen molar-refractivity contribution < 1.29 is 9.59 Å². The molecule has 3 amide bonds. The second-order valence-electron chi connectivity index (χ2n) is 7.01. The molecule has 3 aromatic rings. The fraction of sp³-hybridized carbons (Fsp3) is 0.238. The second kappa shape index (κ2) is 7.56. The van der Waals surface area contributed by atoms with Gasteiger partial charge in [-0.25, -0.2) is 4.79 Å². The molecule has 3 N–H and O–H groups in total. The molecule has 6 nitrogen and oxygen atoms in total. The molecular weight excluding hydrogens is 376 g/mol. The summed E-state index contributed by atoms with van der Waals surface area (Å²) in [6.45, 7) is 3.04. The highest BCUT2D eigenvalue weighted by atomic mass is 35.5. The molecule has 0 bridgehead atoms. The molecular formula is C21H21ClN4O2. The molecule has 0 atom stereocenters. The van der Waals surface area contributed by atoms with Gasteiger partial charge in [0.1, 0.15) is 0 Å². The number of carbonyl (C=O) groups is 2. The molecule has 1 aliphatic rings. The summed E-state index contributed by atoms with van der Waals surface area (Å²) in [7, 11) is 0. The number of halogens is 1. The molecule has 28 heavy (non-hydrogen) atoms. The van der Waals surface area contributed by atoms with Crippen molar-refractivity contribution in [1.29, 1.82) is 0 Å². The van der Waals surface area contributed by atoms with Gasteiger partial charge >= 0.3 is 6.03 Å². The maximum absolute atomic E-state index is 12.6. The smallest absolute Gasteiger partial charge is 0.319 e. The molecule has 0 aliphatic carbocycles. The van der Waals surface area contributed by atoms with Gasteiger partial charge in [-0.3, -0.25) is 4.79 Å². The van der Waals surface area contributed by atoms with E-state index in [0.29, 0.717) is 23.8 Å². The molecule has 0 saturated carbocycles. The van der Waals surface area contributed by atoms with Gasteiger partial charge in [0.05, 0.1) is 6.54 Å². The maximum Gasteiger partial charge on any atom is 0.319 e. The highest BCUT2D eigenvalue weighted by Crippen LogP contribution is 2.29. The number of urea groups is 1. The zero-order valence-electron chi connectivity index (χ0n) is 15.5. The Morgan fingerprint density at radius 2 is 2.07 bits per heavy atom. The first-order valence-electron chi connectivity index (χ1n) is 9.18. The van der Waals surface area contributed by atoms with Crippen LogP contribution in [0.1, 0.15) is 16.8 Å². The van der Waals surface area contributed by atoms with Crippen molar-refractivity contribution in [2.45, 2.75) is 19.9 Å². The number of H-pyrrole nitrogens is 1. The number of rotatable bonds is 3. The van der Waals surface area contributed by atoms with Gasteiger partial charge < -0.3 is 20.5 Å². The van der Waals surface area contributed by atoms with Crippen LogP contribution in [0.15, 0.2) is 42.5 Å². The van der Waals surface area contributed by atoms with Crippen molar-refractivity contribution in [3.05, 3.63) is 64.3 Å². The molecule has 0 saturated heterocycles. The lowest BCUT2D eigenvalue weighted by Gasteiger charge is -2.27. The molecule has 2 aromatic carbocycles. The lowest BCUT2D eigenvalue weighted by Crippen LogP contribution is -2.43. The third kappa shape index (κ3) is 3.82. The zero-order valence-corrected chi connectivity index (χ0v) is 16.3. The summed E-state index contributed by atoms with van der Waals surface area (Å²) < 4.78 is 0. The highest BCUT2D eigenvalue weighted by Gasteiger charge is 2.24. The Labute approximate surface area is 167 Å². The summed E-state index contributed by atoms with van der Waals surface area (Å²) in [6.07, 6.45) is 0.753. The Kier molecular flexibility index (Phi) is 4.96. The largest absolute Gasteiger partial charge is 0.358 e. The summed E-state index contributed by atoms with van der Waals surface area (Å²) in [5.74, 6) is -0.110. The van der Waals surface area contributed by atoms with Crippen LogP contribution in [0, 0.1) is 6.92 Å². The van der Waals surface area contributed by atoms with E-state index in [1.54, 1.807) is 4.90 Å². The zero-order chi connectivity index (χ0) is 19.7. The summed E-state index contributed by atoms with van der Waals surface area (Å²) in [5.41, 5.74) is 5.02. The Balaban J connectivity index is 1.38. The highest BCUT2D eigenvalue weighted by molar-refractivity contribution is 6.31. The van der Waals surface area contributed by atoms with Gasteiger partial charge in [-0.1, -0.05) is 23.7 Å².